The van der Waals surface area contributed by atoms with Gasteiger partial charge in [-0.05, 0) is 32.9 Å². The van der Waals surface area contributed by atoms with E-state index in [-0.39, 0.29) is 0 Å². The van der Waals surface area contributed by atoms with Gasteiger partial charge in [0.2, 0.25) is 0 Å². The van der Waals surface area contributed by atoms with Gasteiger partial charge in [-0.2, -0.15) is 0 Å². The van der Waals surface area contributed by atoms with Crippen molar-refractivity contribution < 1.29 is 4.79 Å². The molecule has 0 radical (unpaired) electrons. The minimum Gasteiger partial charge on any atom is -0.301 e. The molecule has 3 nitrogen and oxygen atoms in total. The summed E-state index contributed by atoms with van der Waals surface area (Å²) < 4.78 is 0. The molecular formula is C17H34N2O. The smallest absolute Gasteiger partial charge is 0.129 e. The van der Waals surface area contributed by atoms with E-state index in [0.717, 1.165) is 12.8 Å². The molecule has 0 amide bonds. The molecule has 3 heteroatoms. The first kappa shape index (κ1) is 17.6. The number of ketones is 1. The van der Waals surface area contributed by atoms with E-state index in [2.05, 4.69) is 16.7 Å². The standard InChI is InChI=1S/C17H34N2O/c1-3-18-13-15-19(16-14-18)12-10-8-6-4-5-7-9-11-17(2)20/h3-16H2,1-2H3. The minimum absolute atomic E-state index is 0.341. The molecule has 1 heterocycles. The van der Waals surface area contributed by atoms with Crippen LogP contribution in [0.1, 0.15) is 65.2 Å². The average Bonchev–Trinajstić information content (AvgIpc) is 2.46. The summed E-state index contributed by atoms with van der Waals surface area (Å²) in [5.74, 6) is 0.341. The van der Waals surface area contributed by atoms with Gasteiger partial charge >= 0.3 is 0 Å². The molecule has 118 valence electrons. The fourth-order valence-corrected chi connectivity index (χ4v) is 2.92. The fourth-order valence-electron chi connectivity index (χ4n) is 2.92. The highest BCUT2D eigenvalue weighted by Crippen LogP contribution is 2.10. The number of hydrogen-bond acceptors (Lipinski definition) is 3. The van der Waals surface area contributed by atoms with Gasteiger partial charge in [0.1, 0.15) is 5.78 Å². The number of rotatable bonds is 11. The van der Waals surface area contributed by atoms with Crippen LogP contribution in [0.2, 0.25) is 0 Å². The number of unbranched alkanes of at least 4 members (excludes halogenated alkanes) is 6. The summed E-state index contributed by atoms with van der Waals surface area (Å²) in [6.45, 7) is 11.5. The van der Waals surface area contributed by atoms with Crippen LogP contribution >= 0.6 is 0 Å². The van der Waals surface area contributed by atoms with Crippen molar-refractivity contribution in [3.05, 3.63) is 0 Å². The Bertz CT molecular complexity index is 247. The molecule has 0 saturated carbocycles. The zero-order valence-corrected chi connectivity index (χ0v) is 13.7. The lowest BCUT2D eigenvalue weighted by molar-refractivity contribution is -0.117. The molecule has 0 atom stereocenters. The van der Waals surface area contributed by atoms with Gasteiger partial charge in [0, 0.05) is 32.6 Å². The van der Waals surface area contributed by atoms with Crippen molar-refractivity contribution in [3.8, 4) is 0 Å². The summed E-state index contributed by atoms with van der Waals surface area (Å²) in [4.78, 5) is 16.0. The quantitative estimate of drug-likeness (QED) is 0.543. The molecule has 1 fully saturated rings. The maximum absolute atomic E-state index is 10.8. The van der Waals surface area contributed by atoms with Crippen molar-refractivity contribution in [3.63, 3.8) is 0 Å². The second-order valence-electron chi connectivity index (χ2n) is 6.20. The van der Waals surface area contributed by atoms with Crippen molar-refractivity contribution in [2.24, 2.45) is 0 Å². The number of piperazine rings is 1. The Kier molecular flexibility index (Phi) is 9.94. The number of carbonyl (C=O) groups is 1. The van der Waals surface area contributed by atoms with Crippen LogP contribution in [0.5, 0.6) is 0 Å². The Labute approximate surface area is 125 Å². The van der Waals surface area contributed by atoms with Gasteiger partial charge in [0.05, 0.1) is 0 Å². The normalized spacial score (nSPS) is 17.5. The van der Waals surface area contributed by atoms with Crippen LogP contribution < -0.4 is 0 Å². The van der Waals surface area contributed by atoms with Gasteiger partial charge in [0.25, 0.3) is 0 Å². The minimum atomic E-state index is 0.341. The molecule has 20 heavy (non-hydrogen) atoms. The first-order valence-electron chi connectivity index (χ1n) is 8.66. The summed E-state index contributed by atoms with van der Waals surface area (Å²) in [7, 11) is 0. The fraction of sp³-hybridized carbons (Fsp3) is 0.941. The van der Waals surface area contributed by atoms with E-state index < -0.39 is 0 Å². The van der Waals surface area contributed by atoms with Crippen LogP contribution in [0.15, 0.2) is 0 Å². The first-order chi connectivity index (χ1) is 9.72. The van der Waals surface area contributed by atoms with Crippen molar-refractivity contribution in [2.75, 3.05) is 39.3 Å². The van der Waals surface area contributed by atoms with Gasteiger partial charge in [-0.1, -0.05) is 39.0 Å². The molecule has 1 rings (SSSR count). The van der Waals surface area contributed by atoms with Crippen LogP contribution in [0, 0.1) is 0 Å². The van der Waals surface area contributed by atoms with Crippen LogP contribution in [-0.4, -0.2) is 54.9 Å². The Morgan fingerprint density at radius 2 is 1.30 bits per heavy atom. The van der Waals surface area contributed by atoms with Gasteiger partial charge in [-0.25, -0.2) is 0 Å². The predicted octanol–water partition coefficient (Wildman–Crippen LogP) is 3.33. The van der Waals surface area contributed by atoms with E-state index in [1.165, 1.54) is 77.8 Å². The third-order valence-electron chi connectivity index (χ3n) is 4.42. The largest absolute Gasteiger partial charge is 0.301 e. The van der Waals surface area contributed by atoms with E-state index in [1.54, 1.807) is 6.92 Å². The highest BCUT2D eigenvalue weighted by atomic mass is 16.1. The molecule has 1 aliphatic heterocycles. The molecule has 0 aromatic rings. The zero-order chi connectivity index (χ0) is 14.6. The molecule has 1 aliphatic rings. The Morgan fingerprint density at radius 1 is 0.800 bits per heavy atom. The lowest BCUT2D eigenvalue weighted by Crippen LogP contribution is -2.46. The average molecular weight is 282 g/mol. The SMILES string of the molecule is CCN1CCN(CCCCCCCCCC(C)=O)CC1. The first-order valence-corrected chi connectivity index (χ1v) is 8.66. The van der Waals surface area contributed by atoms with Crippen LogP contribution in [0.4, 0.5) is 0 Å². The molecule has 1 saturated heterocycles. The molecule has 0 N–H and O–H groups in total. The Morgan fingerprint density at radius 3 is 1.85 bits per heavy atom. The van der Waals surface area contributed by atoms with Gasteiger partial charge < -0.3 is 14.6 Å². The molecule has 0 aliphatic carbocycles. The summed E-state index contributed by atoms with van der Waals surface area (Å²) >= 11 is 0. The lowest BCUT2D eigenvalue weighted by atomic mass is 10.1. The van der Waals surface area contributed by atoms with Crippen molar-refractivity contribution >= 4 is 5.78 Å². The molecule has 0 aromatic carbocycles. The van der Waals surface area contributed by atoms with Gasteiger partial charge in [-0.3, -0.25) is 0 Å². The number of nitrogens with zero attached hydrogens (tertiary/aromatic N) is 2. The predicted molar refractivity (Wildman–Crippen MR) is 86.2 cm³/mol. The van der Waals surface area contributed by atoms with Gasteiger partial charge in [-0.15, -0.1) is 0 Å². The topological polar surface area (TPSA) is 23.6 Å². The van der Waals surface area contributed by atoms with Crippen LogP contribution in [0.3, 0.4) is 0 Å². The van der Waals surface area contributed by atoms with E-state index in [0.29, 0.717) is 5.78 Å². The molecule has 0 spiro atoms. The number of carbonyl (C=O) groups excluding carboxylic acids is 1. The van der Waals surface area contributed by atoms with E-state index >= 15 is 0 Å². The summed E-state index contributed by atoms with van der Waals surface area (Å²) in [5.41, 5.74) is 0. The zero-order valence-electron chi connectivity index (χ0n) is 13.7. The van der Waals surface area contributed by atoms with E-state index in [9.17, 15) is 4.79 Å². The third-order valence-corrected chi connectivity index (χ3v) is 4.42. The highest BCUT2D eigenvalue weighted by Gasteiger charge is 2.14. The molecule has 0 bridgehead atoms. The van der Waals surface area contributed by atoms with Crippen LogP contribution in [0.25, 0.3) is 0 Å². The summed E-state index contributed by atoms with van der Waals surface area (Å²) in [6, 6.07) is 0. The van der Waals surface area contributed by atoms with Crippen molar-refractivity contribution in [1.82, 2.24) is 9.80 Å². The number of likely N-dealkylation sites (N-methyl/N-ethyl adjacent to an activating group) is 1. The Hall–Kier alpha value is -0.410. The Balaban J connectivity index is 1.82. The van der Waals surface area contributed by atoms with Crippen LogP contribution in [-0.2, 0) is 4.79 Å². The number of hydrogen-bond donors (Lipinski definition) is 0. The van der Waals surface area contributed by atoms with Crippen molar-refractivity contribution in [2.45, 2.75) is 65.2 Å². The third kappa shape index (κ3) is 8.70. The van der Waals surface area contributed by atoms with E-state index in [4.69, 9.17) is 0 Å². The highest BCUT2D eigenvalue weighted by molar-refractivity contribution is 5.75. The molecule has 0 unspecified atom stereocenters. The van der Waals surface area contributed by atoms with Crippen molar-refractivity contribution in [1.29, 1.82) is 0 Å². The maximum atomic E-state index is 10.8. The summed E-state index contributed by atoms with van der Waals surface area (Å²) in [5, 5.41) is 0. The molecular weight excluding hydrogens is 248 g/mol. The molecule has 0 aromatic heterocycles. The van der Waals surface area contributed by atoms with E-state index in [1.807, 2.05) is 0 Å². The monoisotopic (exact) mass is 282 g/mol. The summed E-state index contributed by atoms with van der Waals surface area (Å²) in [6.07, 6.45) is 9.87. The second-order valence-corrected chi connectivity index (χ2v) is 6.20. The number of Topliss-reactive ketones (excluding diaryl/α,β-unsaturated/α-hetero) is 1. The second kappa shape index (κ2) is 11.3. The lowest BCUT2D eigenvalue weighted by Gasteiger charge is -2.33. The maximum Gasteiger partial charge on any atom is 0.129 e. The van der Waals surface area contributed by atoms with Gasteiger partial charge in [0.15, 0.2) is 0 Å².